The van der Waals surface area contributed by atoms with Crippen LogP contribution in [0.3, 0.4) is 0 Å². The Morgan fingerprint density at radius 2 is 2.14 bits per heavy atom. The third-order valence-corrected chi connectivity index (χ3v) is 3.75. The molecule has 2 N–H and O–H groups in total. The third kappa shape index (κ3) is 1.55. The molecular formula is C12H19NO. The number of nitrogens with one attached hydrogen (secondary N) is 1. The summed E-state index contributed by atoms with van der Waals surface area (Å²) in [7, 11) is 0. The van der Waals surface area contributed by atoms with Gasteiger partial charge in [0, 0.05) is 24.4 Å². The van der Waals surface area contributed by atoms with Crippen LogP contribution in [0.25, 0.3) is 0 Å². The number of rotatable bonds is 0. The van der Waals surface area contributed by atoms with Gasteiger partial charge in [-0.15, -0.1) is 6.42 Å². The largest absolute Gasteiger partial charge is 0.377 e. The van der Waals surface area contributed by atoms with Gasteiger partial charge in [0.2, 0.25) is 0 Å². The second kappa shape index (κ2) is 3.56. The fourth-order valence-corrected chi connectivity index (χ4v) is 3.11. The lowest BCUT2D eigenvalue weighted by Crippen LogP contribution is -2.59. The van der Waals surface area contributed by atoms with Crippen molar-refractivity contribution in [2.24, 2.45) is 5.92 Å². The SMILES string of the molecule is C#C[C@]1(O)C[C@@H](C)N[C@@H]2CCCC[C@@H]21. The van der Waals surface area contributed by atoms with E-state index in [-0.39, 0.29) is 5.92 Å². The van der Waals surface area contributed by atoms with Crippen molar-refractivity contribution in [3.63, 3.8) is 0 Å². The summed E-state index contributed by atoms with van der Waals surface area (Å²) in [5.41, 5.74) is -0.851. The van der Waals surface area contributed by atoms with Gasteiger partial charge in [-0.25, -0.2) is 0 Å². The zero-order valence-electron chi connectivity index (χ0n) is 8.79. The average molecular weight is 193 g/mol. The maximum absolute atomic E-state index is 10.4. The standard InChI is InChI=1S/C12H19NO/c1-3-12(14)8-9(2)13-11-7-5-4-6-10(11)12/h1,9-11,13-14H,4-8H2,2H3/t9-,10+,11-,12+/m1/s1. The molecule has 2 fully saturated rings. The summed E-state index contributed by atoms with van der Waals surface area (Å²) in [5, 5.41) is 13.9. The minimum atomic E-state index is -0.851. The van der Waals surface area contributed by atoms with Crippen LogP contribution in [0.5, 0.6) is 0 Å². The van der Waals surface area contributed by atoms with Crippen molar-refractivity contribution in [2.45, 2.75) is 56.7 Å². The van der Waals surface area contributed by atoms with Crippen molar-refractivity contribution in [3.8, 4) is 12.3 Å². The molecule has 2 nitrogen and oxygen atoms in total. The first kappa shape index (κ1) is 10.0. The van der Waals surface area contributed by atoms with Crippen molar-refractivity contribution in [2.75, 3.05) is 0 Å². The lowest BCUT2D eigenvalue weighted by Gasteiger charge is -2.47. The van der Waals surface area contributed by atoms with Crippen molar-refractivity contribution >= 4 is 0 Å². The Morgan fingerprint density at radius 1 is 1.43 bits per heavy atom. The molecule has 0 bridgehead atoms. The summed E-state index contributed by atoms with van der Waals surface area (Å²) in [6.07, 6.45) is 10.9. The maximum atomic E-state index is 10.4. The molecule has 1 aliphatic carbocycles. The Morgan fingerprint density at radius 3 is 2.86 bits per heavy atom. The van der Waals surface area contributed by atoms with Gasteiger partial charge in [-0.3, -0.25) is 0 Å². The molecule has 2 rings (SSSR count). The zero-order valence-corrected chi connectivity index (χ0v) is 8.79. The van der Waals surface area contributed by atoms with E-state index in [9.17, 15) is 5.11 Å². The predicted molar refractivity (Wildman–Crippen MR) is 56.7 cm³/mol. The van der Waals surface area contributed by atoms with E-state index in [4.69, 9.17) is 6.42 Å². The van der Waals surface area contributed by atoms with Crippen molar-refractivity contribution < 1.29 is 5.11 Å². The molecule has 0 aromatic rings. The lowest BCUT2D eigenvalue weighted by molar-refractivity contribution is -0.0384. The number of aliphatic hydroxyl groups is 1. The van der Waals surface area contributed by atoms with Gasteiger partial charge in [0.1, 0.15) is 5.60 Å². The van der Waals surface area contributed by atoms with Gasteiger partial charge in [-0.05, 0) is 19.8 Å². The molecule has 1 aliphatic heterocycles. The first-order valence-electron chi connectivity index (χ1n) is 5.62. The molecule has 4 atom stereocenters. The Kier molecular flexibility index (Phi) is 2.55. The number of terminal acetylenes is 1. The van der Waals surface area contributed by atoms with Crippen LogP contribution in [-0.2, 0) is 0 Å². The van der Waals surface area contributed by atoms with E-state index < -0.39 is 5.60 Å². The topological polar surface area (TPSA) is 32.3 Å². The Balaban J connectivity index is 2.20. The van der Waals surface area contributed by atoms with E-state index in [1.807, 2.05) is 0 Å². The summed E-state index contributed by atoms with van der Waals surface area (Å²) in [4.78, 5) is 0. The normalized spacial score (nSPS) is 47.9. The van der Waals surface area contributed by atoms with Crippen LogP contribution in [0.2, 0.25) is 0 Å². The molecule has 0 spiro atoms. The molecule has 78 valence electrons. The van der Waals surface area contributed by atoms with Crippen LogP contribution in [-0.4, -0.2) is 22.8 Å². The van der Waals surface area contributed by atoms with E-state index in [1.165, 1.54) is 19.3 Å². The highest BCUT2D eigenvalue weighted by Gasteiger charge is 2.45. The summed E-state index contributed by atoms with van der Waals surface area (Å²) >= 11 is 0. The van der Waals surface area contributed by atoms with E-state index in [0.717, 1.165) is 6.42 Å². The molecule has 0 amide bonds. The third-order valence-electron chi connectivity index (χ3n) is 3.75. The summed E-state index contributed by atoms with van der Waals surface area (Å²) in [6, 6.07) is 0.781. The molecule has 0 radical (unpaired) electrons. The predicted octanol–water partition coefficient (Wildman–Crippen LogP) is 1.29. The molecule has 1 saturated heterocycles. The minimum Gasteiger partial charge on any atom is -0.377 e. The van der Waals surface area contributed by atoms with Crippen LogP contribution < -0.4 is 5.32 Å². The van der Waals surface area contributed by atoms with Gasteiger partial charge in [-0.2, -0.15) is 0 Å². The van der Waals surface area contributed by atoms with E-state index in [0.29, 0.717) is 18.5 Å². The van der Waals surface area contributed by atoms with Gasteiger partial charge in [0.25, 0.3) is 0 Å². The molecule has 0 unspecified atom stereocenters. The maximum Gasteiger partial charge on any atom is 0.130 e. The Hall–Kier alpha value is -0.520. The van der Waals surface area contributed by atoms with Gasteiger partial charge in [0.05, 0.1) is 0 Å². The van der Waals surface area contributed by atoms with Crippen LogP contribution >= 0.6 is 0 Å². The van der Waals surface area contributed by atoms with Crippen molar-refractivity contribution in [1.82, 2.24) is 5.32 Å². The monoisotopic (exact) mass is 193 g/mol. The lowest BCUT2D eigenvalue weighted by atomic mass is 9.69. The van der Waals surface area contributed by atoms with Gasteiger partial charge in [-0.1, -0.05) is 18.8 Å². The highest BCUT2D eigenvalue weighted by Crippen LogP contribution is 2.38. The smallest absolute Gasteiger partial charge is 0.130 e. The Bertz CT molecular complexity index is 258. The first-order valence-corrected chi connectivity index (χ1v) is 5.62. The average Bonchev–Trinajstić information content (AvgIpc) is 2.17. The second-order valence-corrected chi connectivity index (χ2v) is 4.84. The van der Waals surface area contributed by atoms with Crippen LogP contribution in [0.1, 0.15) is 39.0 Å². The number of hydrogen-bond acceptors (Lipinski definition) is 2. The first-order chi connectivity index (χ1) is 6.65. The fraction of sp³-hybridized carbons (Fsp3) is 0.833. The number of hydrogen-bond donors (Lipinski definition) is 2. The molecule has 14 heavy (non-hydrogen) atoms. The summed E-state index contributed by atoms with van der Waals surface area (Å²) in [5.74, 6) is 2.90. The van der Waals surface area contributed by atoms with Crippen molar-refractivity contribution in [3.05, 3.63) is 0 Å². The quantitative estimate of drug-likeness (QED) is 0.568. The van der Waals surface area contributed by atoms with Crippen LogP contribution in [0.4, 0.5) is 0 Å². The highest BCUT2D eigenvalue weighted by atomic mass is 16.3. The van der Waals surface area contributed by atoms with Gasteiger partial charge in [0.15, 0.2) is 0 Å². The zero-order chi connectivity index (χ0) is 10.2. The second-order valence-electron chi connectivity index (χ2n) is 4.84. The highest BCUT2D eigenvalue weighted by molar-refractivity contribution is 5.16. The molecule has 2 heteroatoms. The van der Waals surface area contributed by atoms with Gasteiger partial charge < -0.3 is 10.4 Å². The number of fused-ring (bicyclic) bond motifs is 1. The fourth-order valence-electron chi connectivity index (χ4n) is 3.11. The number of piperidine rings is 1. The van der Waals surface area contributed by atoms with Gasteiger partial charge >= 0.3 is 0 Å². The van der Waals surface area contributed by atoms with Crippen LogP contribution in [0.15, 0.2) is 0 Å². The Labute approximate surface area is 86.1 Å². The molecule has 1 heterocycles. The van der Waals surface area contributed by atoms with Crippen LogP contribution in [0, 0.1) is 18.3 Å². The van der Waals surface area contributed by atoms with E-state index >= 15 is 0 Å². The summed E-state index contributed by atoms with van der Waals surface area (Å²) in [6.45, 7) is 2.10. The molecule has 0 aromatic heterocycles. The van der Waals surface area contributed by atoms with Crippen molar-refractivity contribution in [1.29, 1.82) is 0 Å². The summed E-state index contributed by atoms with van der Waals surface area (Å²) < 4.78 is 0. The van der Waals surface area contributed by atoms with E-state index in [2.05, 4.69) is 18.2 Å². The minimum absolute atomic E-state index is 0.275. The molecule has 1 saturated carbocycles. The molecule has 0 aromatic carbocycles. The molecular weight excluding hydrogens is 174 g/mol. The molecule has 2 aliphatic rings. The van der Waals surface area contributed by atoms with E-state index in [1.54, 1.807) is 0 Å².